The molecule has 2 aromatic carbocycles. The van der Waals surface area contributed by atoms with Crippen LogP contribution in [-0.4, -0.2) is 37.0 Å². The van der Waals surface area contributed by atoms with Gasteiger partial charge in [0.05, 0.1) is 7.11 Å². The lowest BCUT2D eigenvalue weighted by molar-refractivity contribution is 0.100. The minimum absolute atomic E-state index is 0.390. The highest BCUT2D eigenvalue weighted by molar-refractivity contribution is 5.94. The molecule has 3 fully saturated rings. The summed E-state index contributed by atoms with van der Waals surface area (Å²) in [6, 6.07) is 14.8. The van der Waals surface area contributed by atoms with Crippen molar-refractivity contribution in [3.63, 3.8) is 0 Å². The number of benzene rings is 2. The first-order valence-electron chi connectivity index (χ1n) is 11.4. The van der Waals surface area contributed by atoms with Crippen molar-refractivity contribution in [2.24, 2.45) is 17.6 Å². The number of nitrogens with two attached hydrogens (primary N) is 1. The molecule has 2 saturated carbocycles. The number of amides is 1. The Kier molecular flexibility index (Phi) is 5.28. The maximum atomic E-state index is 11.6. The van der Waals surface area contributed by atoms with Gasteiger partial charge in [0, 0.05) is 11.6 Å². The molecule has 3 aliphatic rings. The number of piperidine rings is 1. The number of carbonyl (C=O) groups is 1. The summed E-state index contributed by atoms with van der Waals surface area (Å²) in [7, 11) is 1.76. The van der Waals surface area contributed by atoms with Gasteiger partial charge in [0.25, 0.3) is 0 Å². The molecule has 0 radical (unpaired) electrons. The van der Waals surface area contributed by atoms with Gasteiger partial charge in [0.1, 0.15) is 5.75 Å². The Balaban J connectivity index is 1.35. The molecular weight excluding hydrogens is 372 g/mol. The molecule has 5 rings (SSSR count). The van der Waals surface area contributed by atoms with Crippen LogP contribution in [0.2, 0.25) is 0 Å². The van der Waals surface area contributed by atoms with E-state index in [9.17, 15) is 4.79 Å². The fourth-order valence-corrected chi connectivity index (χ4v) is 6.29. The van der Waals surface area contributed by atoms with Gasteiger partial charge in [-0.15, -0.1) is 0 Å². The Bertz CT molecular complexity index is 932. The quantitative estimate of drug-likeness (QED) is 0.777. The number of likely N-dealkylation sites (tertiary alicyclic amines) is 1. The van der Waals surface area contributed by atoms with Gasteiger partial charge in [0.2, 0.25) is 5.91 Å². The van der Waals surface area contributed by atoms with E-state index in [-0.39, 0.29) is 0 Å². The van der Waals surface area contributed by atoms with Gasteiger partial charge in [-0.3, -0.25) is 4.79 Å². The summed E-state index contributed by atoms with van der Waals surface area (Å²) in [6.07, 6.45) is 8.22. The molecule has 0 spiro atoms. The third kappa shape index (κ3) is 3.62. The standard InChI is InChI=1S/C26H32N2O2/c1-30-25-8-7-20(19-3-2-4-22(15-19)26(27)29)16-23(25)18-9-11-28(12-10-18)24-14-17-5-6-21(24)13-17/h2-4,7-8,15-18,21,24H,5-6,9-14H2,1H3,(H2,27,29)/t17-,21-,24-/m0/s1. The molecule has 4 heteroatoms. The largest absolute Gasteiger partial charge is 0.496 e. The number of primary amides is 1. The van der Waals surface area contributed by atoms with Crippen molar-refractivity contribution < 1.29 is 9.53 Å². The Morgan fingerprint density at radius 3 is 2.47 bits per heavy atom. The van der Waals surface area contributed by atoms with E-state index in [1.165, 1.54) is 57.2 Å². The van der Waals surface area contributed by atoms with E-state index in [4.69, 9.17) is 10.5 Å². The lowest BCUT2D eigenvalue weighted by Crippen LogP contribution is -2.43. The van der Waals surface area contributed by atoms with Gasteiger partial charge in [-0.2, -0.15) is 0 Å². The first kappa shape index (κ1) is 19.6. The monoisotopic (exact) mass is 404 g/mol. The SMILES string of the molecule is COc1ccc(-c2cccc(C(N)=O)c2)cc1C1CCN([C@H]2C[C@H]3CC[C@H]2C3)CC1. The first-order valence-corrected chi connectivity index (χ1v) is 11.4. The van der Waals surface area contributed by atoms with E-state index in [0.717, 1.165) is 34.8 Å². The molecule has 0 unspecified atom stereocenters. The molecule has 4 nitrogen and oxygen atoms in total. The zero-order valence-corrected chi connectivity index (χ0v) is 17.8. The summed E-state index contributed by atoms with van der Waals surface area (Å²) in [5.74, 6) is 3.07. The Labute approximate surface area is 179 Å². The van der Waals surface area contributed by atoms with Gasteiger partial charge < -0.3 is 15.4 Å². The molecule has 30 heavy (non-hydrogen) atoms. The predicted molar refractivity (Wildman–Crippen MR) is 120 cm³/mol. The predicted octanol–water partition coefficient (Wildman–Crippen LogP) is 4.83. The molecule has 2 aromatic rings. The maximum Gasteiger partial charge on any atom is 0.248 e. The third-order valence-electron chi connectivity index (χ3n) is 7.85. The second-order valence-corrected chi connectivity index (χ2v) is 9.45. The Morgan fingerprint density at radius 2 is 1.80 bits per heavy atom. The van der Waals surface area contributed by atoms with Crippen LogP contribution in [0.25, 0.3) is 11.1 Å². The van der Waals surface area contributed by atoms with E-state index >= 15 is 0 Å². The van der Waals surface area contributed by atoms with Gasteiger partial charge >= 0.3 is 0 Å². The second-order valence-electron chi connectivity index (χ2n) is 9.45. The summed E-state index contributed by atoms with van der Waals surface area (Å²) in [5, 5.41) is 0. The molecule has 0 aromatic heterocycles. The fraction of sp³-hybridized carbons (Fsp3) is 0.500. The minimum atomic E-state index is -0.390. The molecule has 2 bridgehead atoms. The van der Waals surface area contributed by atoms with E-state index < -0.39 is 5.91 Å². The van der Waals surface area contributed by atoms with Crippen molar-refractivity contribution in [2.45, 2.75) is 50.5 Å². The Morgan fingerprint density at radius 1 is 1.00 bits per heavy atom. The van der Waals surface area contributed by atoms with Gasteiger partial charge in [-0.05, 0) is 104 Å². The highest BCUT2D eigenvalue weighted by Crippen LogP contribution is 2.48. The van der Waals surface area contributed by atoms with Gasteiger partial charge in [0.15, 0.2) is 0 Å². The van der Waals surface area contributed by atoms with E-state index in [1.54, 1.807) is 13.2 Å². The molecule has 3 atom stereocenters. The summed E-state index contributed by atoms with van der Waals surface area (Å²) in [6.45, 7) is 2.40. The normalized spacial score (nSPS) is 26.8. The minimum Gasteiger partial charge on any atom is -0.496 e. The summed E-state index contributed by atoms with van der Waals surface area (Å²) >= 11 is 0. The average Bonchev–Trinajstić information content (AvgIpc) is 3.43. The van der Waals surface area contributed by atoms with Crippen molar-refractivity contribution in [1.29, 1.82) is 0 Å². The van der Waals surface area contributed by atoms with Crippen LogP contribution in [0.3, 0.4) is 0 Å². The molecular formula is C26H32N2O2. The number of hydrogen-bond donors (Lipinski definition) is 1. The van der Waals surface area contributed by atoms with Crippen LogP contribution in [0, 0.1) is 11.8 Å². The van der Waals surface area contributed by atoms with Crippen LogP contribution < -0.4 is 10.5 Å². The summed E-state index contributed by atoms with van der Waals surface area (Å²) in [4.78, 5) is 14.4. The fourth-order valence-electron chi connectivity index (χ4n) is 6.29. The third-order valence-corrected chi connectivity index (χ3v) is 7.85. The van der Waals surface area contributed by atoms with Crippen LogP contribution in [0.1, 0.15) is 60.4 Å². The van der Waals surface area contributed by atoms with E-state index in [0.29, 0.717) is 11.5 Å². The number of rotatable bonds is 5. The van der Waals surface area contributed by atoms with Crippen molar-refractivity contribution in [2.75, 3.05) is 20.2 Å². The van der Waals surface area contributed by atoms with Gasteiger partial charge in [-0.1, -0.05) is 24.6 Å². The molecule has 1 heterocycles. The number of methoxy groups -OCH3 is 1. The van der Waals surface area contributed by atoms with Crippen molar-refractivity contribution in [3.05, 3.63) is 53.6 Å². The van der Waals surface area contributed by atoms with Crippen LogP contribution >= 0.6 is 0 Å². The molecule has 1 saturated heterocycles. The molecule has 158 valence electrons. The first-order chi connectivity index (χ1) is 14.6. The van der Waals surface area contributed by atoms with Crippen LogP contribution in [0.15, 0.2) is 42.5 Å². The Hall–Kier alpha value is -2.33. The van der Waals surface area contributed by atoms with Crippen molar-refractivity contribution >= 4 is 5.91 Å². The van der Waals surface area contributed by atoms with E-state index in [2.05, 4.69) is 23.1 Å². The molecule has 2 N–H and O–H groups in total. The zero-order valence-electron chi connectivity index (χ0n) is 17.8. The number of carbonyl (C=O) groups excluding carboxylic acids is 1. The zero-order chi connectivity index (χ0) is 20.7. The number of nitrogens with zero attached hydrogens (tertiary/aromatic N) is 1. The van der Waals surface area contributed by atoms with Gasteiger partial charge in [-0.25, -0.2) is 0 Å². The van der Waals surface area contributed by atoms with Crippen molar-refractivity contribution in [3.8, 4) is 16.9 Å². The highest BCUT2D eigenvalue weighted by Gasteiger charge is 2.43. The molecule has 2 aliphatic carbocycles. The summed E-state index contributed by atoms with van der Waals surface area (Å²) < 4.78 is 5.73. The molecule has 1 amide bonds. The second kappa shape index (κ2) is 8.07. The van der Waals surface area contributed by atoms with Crippen LogP contribution in [0.4, 0.5) is 0 Å². The highest BCUT2D eigenvalue weighted by atomic mass is 16.5. The van der Waals surface area contributed by atoms with Crippen LogP contribution in [-0.2, 0) is 0 Å². The van der Waals surface area contributed by atoms with E-state index in [1.807, 2.05) is 18.2 Å². The number of hydrogen-bond acceptors (Lipinski definition) is 3. The number of fused-ring (bicyclic) bond motifs is 2. The average molecular weight is 405 g/mol. The van der Waals surface area contributed by atoms with Crippen LogP contribution in [0.5, 0.6) is 5.75 Å². The lowest BCUT2D eigenvalue weighted by Gasteiger charge is -2.40. The number of ether oxygens (including phenoxy) is 1. The lowest BCUT2D eigenvalue weighted by atomic mass is 9.85. The summed E-state index contributed by atoms with van der Waals surface area (Å²) in [5.41, 5.74) is 9.46. The maximum absolute atomic E-state index is 11.6. The smallest absolute Gasteiger partial charge is 0.248 e. The molecule has 1 aliphatic heterocycles. The van der Waals surface area contributed by atoms with Crippen molar-refractivity contribution in [1.82, 2.24) is 4.90 Å². The topological polar surface area (TPSA) is 55.6 Å².